The number of para-hydroxylation sites is 4. The minimum absolute atomic E-state index is 0.603. The number of hydrogen-bond acceptors (Lipinski definition) is 6. The number of nitrogens with zero attached hydrogens (tertiary/aromatic N) is 3. The second-order valence-corrected chi connectivity index (χ2v) is 13.3. The Balaban J connectivity index is 1.04. The van der Waals surface area contributed by atoms with Crippen LogP contribution >= 0.6 is 11.3 Å². The molecule has 0 radical (unpaired) electrons. The summed E-state index contributed by atoms with van der Waals surface area (Å²) in [7, 11) is 0. The molecule has 6 heteroatoms. The molecule has 3 heterocycles. The first-order chi connectivity index (χ1) is 24.7. The fraction of sp³-hybridized carbons (Fsp3) is 0. The van der Waals surface area contributed by atoms with Crippen molar-refractivity contribution in [3.05, 3.63) is 164 Å². The first kappa shape index (κ1) is 28.5. The van der Waals surface area contributed by atoms with Crippen molar-refractivity contribution >= 4 is 70.8 Å². The Morgan fingerprint density at radius 2 is 0.900 bits per heavy atom. The van der Waals surface area contributed by atoms with Gasteiger partial charge in [-0.1, -0.05) is 72.8 Å². The monoisotopic (exact) mass is 661 g/mol. The number of aromatic nitrogens is 2. The summed E-state index contributed by atoms with van der Waals surface area (Å²) >= 11 is 1.85. The Morgan fingerprint density at radius 3 is 1.46 bits per heavy atom. The molecular formula is C44H27N3O2S. The lowest BCUT2D eigenvalue weighted by molar-refractivity contribution is 0.619. The van der Waals surface area contributed by atoms with E-state index in [4.69, 9.17) is 18.8 Å². The van der Waals surface area contributed by atoms with Gasteiger partial charge in [-0.05, 0) is 102 Å². The first-order valence-corrected chi connectivity index (χ1v) is 17.3. The fourth-order valence-electron chi connectivity index (χ4n) is 6.71. The molecule has 0 aliphatic carbocycles. The molecule has 0 amide bonds. The summed E-state index contributed by atoms with van der Waals surface area (Å²) in [4.78, 5) is 11.7. The van der Waals surface area contributed by atoms with Crippen LogP contribution in [0.4, 0.5) is 17.1 Å². The van der Waals surface area contributed by atoms with Gasteiger partial charge in [0.05, 0.1) is 0 Å². The standard InChI is InChI=1S/C44H27N3O2S/c1-6-15-41-35(8-1)36-10-7-9-34(42(36)50-41)28-16-22-31(23-17-28)47(32-24-18-29(19-25-32)43-45-37-11-2-4-13-39(37)48-43)33-26-20-30(21-27-33)44-46-38-12-3-5-14-40(38)49-44/h1-27H. The van der Waals surface area contributed by atoms with Crippen molar-refractivity contribution in [3.63, 3.8) is 0 Å². The summed E-state index contributed by atoms with van der Waals surface area (Å²) in [5.74, 6) is 1.21. The Labute approximate surface area is 291 Å². The number of anilines is 3. The van der Waals surface area contributed by atoms with E-state index in [0.717, 1.165) is 50.4 Å². The maximum Gasteiger partial charge on any atom is 0.227 e. The molecule has 0 N–H and O–H groups in total. The summed E-state index contributed by atoms with van der Waals surface area (Å²) in [6.07, 6.45) is 0. The van der Waals surface area contributed by atoms with Crippen LogP contribution in [-0.4, -0.2) is 9.97 Å². The molecule has 0 aliphatic rings. The molecule has 7 aromatic carbocycles. The van der Waals surface area contributed by atoms with Crippen molar-refractivity contribution in [1.82, 2.24) is 9.97 Å². The van der Waals surface area contributed by atoms with E-state index < -0.39 is 0 Å². The maximum absolute atomic E-state index is 6.07. The normalized spacial score (nSPS) is 11.6. The highest BCUT2D eigenvalue weighted by atomic mass is 32.1. The van der Waals surface area contributed by atoms with Gasteiger partial charge >= 0.3 is 0 Å². The lowest BCUT2D eigenvalue weighted by atomic mass is 10.0. The SMILES string of the molecule is c1ccc2oc(-c3ccc(N(c4ccc(-c5nc6ccccc6o5)cc4)c4ccc(-c5cccc6c5sc5ccccc56)cc4)cc3)nc2c1. The highest BCUT2D eigenvalue weighted by molar-refractivity contribution is 7.26. The lowest BCUT2D eigenvalue weighted by Gasteiger charge is -2.26. The third kappa shape index (κ3) is 4.85. The zero-order chi connectivity index (χ0) is 33.0. The molecule has 10 rings (SSSR count). The van der Waals surface area contributed by atoms with Crippen LogP contribution in [0.5, 0.6) is 0 Å². The van der Waals surface area contributed by atoms with E-state index in [-0.39, 0.29) is 0 Å². The summed E-state index contributed by atoms with van der Waals surface area (Å²) < 4.78 is 14.7. The fourth-order valence-corrected chi connectivity index (χ4v) is 7.95. The van der Waals surface area contributed by atoms with Gasteiger partial charge in [-0.25, -0.2) is 9.97 Å². The first-order valence-electron chi connectivity index (χ1n) is 16.5. The largest absolute Gasteiger partial charge is 0.436 e. The molecular weight excluding hydrogens is 635 g/mol. The van der Waals surface area contributed by atoms with Gasteiger partial charge in [0, 0.05) is 48.4 Å². The van der Waals surface area contributed by atoms with Crippen molar-refractivity contribution in [2.75, 3.05) is 4.90 Å². The van der Waals surface area contributed by atoms with Gasteiger partial charge in [0.15, 0.2) is 11.2 Å². The number of hydrogen-bond donors (Lipinski definition) is 0. The van der Waals surface area contributed by atoms with E-state index in [1.807, 2.05) is 59.9 Å². The Morgan fingerprint density at radius 1 is 0.420 bits per heavy atom. The average molecular weight is 662 g/mol. The van der Waals surface area contributed by atoms with Crippen molar-refractivity contribution in [1.29, 1.82) is 0 Å². The number of rotatable bonds is 6. The van der Waals surface area contributed by atoms with E-state index >= 15 is 0 Å². The van der Waals surface area contributed by atoms with E-state index in [2.05, 4.69) is 120 Å². The second kappa shape index (κ2) is 11.6. The van der Waals surface area contributed by atoms with Crippen LogP contribution in [0.3, 0.4) is 0 Å². The second-order valence-electron chi connectivity index (χ2n) is 12.2. The molecule has 0 bridgehead atoms. The summed E-state index contributed by atoms with van der Waals surface area (Å²) in [6.45, 7) is 0. The Bertz CT molecular complexity index is 2630. The molecule has 0 spiro atoms. The number of fused-ring (bicyclic) bond motifs is 5. The third-order valence-electron chi connectivity index (χ3n) is 9.17. The predicted octanol–water partition coefficient (Wildman–Crippen LogP) is 12.8. The van der Waals surface area contributed by atoms with E-state index in [1.54, 1.807) is 0 Å². The smallest absolute Gasteiger partial charge is 0.227 e. The molecule has 0 atom stereocenters. The van der Waals surface area contributed by atoms with Crippen molar-refractivity contribution < 1.29 is 8.83 Å². The molecule has 5 nitrogen and oxygen atoms in total. The van der Waals surface area contributed by atoms with Crippen molar-refractivity contribution in [3.8, 4) is 34.0 Å². The Kier molecular flexibility index (Phi) is 6.60. The minimum Gasteiger partial charge on any atom is -0.436 e. The topological polar surface area (TPSA) is 55.3 Å². The number of benzene rings is 7. The molecule has 0 fully saturated rings. The molecule has 0 saturated heterocycles. The van der Waals surface area contributed by atoms with Crippen LogP contribution in [0.2, 0.25) is 0 Å². The lowest BCUT2D eigenvalue weighted by Crippen LogP contribution is -2.09. The van der Waals surface area contributed by atoms with Crippen LogP contribution in [-0.2, 0) is 0 Å². The minimum atomic E-state index is 0.603. The zero-order valence-electron chi connectivity index (χ0n) is 26.7. The molecule has 50 heavy (non-hydrogen) atoms. The van der Waals surface area contributed by atoms with E-state index in [0.29, 0.717) is 11.8 Å². The van der Waals surface area contributed by atoms with Gasteiger partial charge in [-0.3, -0.25) is 0 Å². The molecule has 0 saturated carbocycles. The average Bonchev–Trinajstić information content (AvgIpc) is 3.91. The summed E-state index contributed by atoms with van der Waals surface area (Å²) in [5, 5.41) is 2.60. The van der Waals surface area contributed by atoms with Crippen molar-refractivity contribution in [2.45, 2.75) is 0 Å². The van der Waals surface area contributed by atoms with Gasteiger partial charge in [0.2, 0.25) is 11.8 Å². The zero-order valence-corrected chi connectivity index (χ0v) is 27.5. The summed E-state index contributed by atoms with van der Waals surface area (Å²) in [6, 6.07) is 56.5. The van der Waals surface area contributed by atoms with Gasteiger partial charge < -0.3 is 13.7 Å². The van der Waals surface area contributed by atoms with Gasteiger partial charge in [0.1, 0.15) is 11.0 Å². The van der Waals surface area contributed by atoms with Crippen LogP contribution in [0, 0.1) is 0 Å². The number of thiophene rings is 1. The third-order valence-corrected chi connectivity index (χ3v) is 10.4. The van der Waals surface area contributed by atoms with Crippen LogP contribution in [0.1, 0.15) is 0 Å². The van der Waals surface area contributed by atoms with Crippen LogP contribution in [0.25, 0.3) is 76.4 Å². The molecule has 3 aromatic heterocycles. The van der Waals surface area contributed by atoms with E-state index in [1.165, 1.54) is 31.3 Å². The highest BCUT2D eigenvalue weighted by Gasteiger charge is 2.17. The molecule has 10 aromatic rings. The number of oxazole rings is 2. The Hall–Kier alpha value is -6.50. The molecule has 236 valence electrons. The van der Waals surface area contributed by atoms with Gasteiger partial charge in [-0.2, -0.15) is 0 Å². The van der Waals surface area contributed by atoms with Crippen molar-refractivity contribution in [2.24, 2.45) is 0 Å². The van der Waals surface area contributed by atoms with Crippen LogP contribution in [0.15, 0.2) is 173 Å². The van der Waals surface area contributed by atoms with E-state index in [9.17, 15) is 0 Å². The maximum atomic E-state index is 6.07. The van der Waals surface area contributed by atoms with Crippen LogP contribution < -0.4 is 4.90 Å². The molecule has 0 unspecified atom stereocenters. The van der Waals surface area contributed by atoms with Gasteiger partial charge in [0.25, 0.3) is 0 Å². The summed E-state index contributed by atoms with van der Waals surface area (Å²) in [5.41, 5.74) is 10.6. The predicted molar refractivity (Wildman–Crippen MR) is 205 cm³/mol. The van der Waals surface area contributed by atoms with Gasteiger partial charge in [-0.15, -0.1) is 11.3 Å². The molecule has 0 aliphatic heterocycles. The highest BCUT2D eigenvalue weighted by Crippen LogP contribution is 2.42. The quantitative estimate of drug-likeness (QED) is 0.177.